The molecule has 0 aliphatic heterocycles. The predicted molar refractivity (Wildman–Crippen MR) is 85.7 cm³/mol. The van der Waals surface area contributed by atoms with Crippen molar-refractivity contribution in [1.29, 1.82) is 0 Å². The van der Waals surface area contributed by atoms with Crippen LogP contribution in [-0.4, -0.2) is 26.2 Å². The quantitative estimate of drug-likeness (QED) is 0.746. The van der Waals surface area contributed by atoms with E-state index in [0.717, 1.165) is 44.3 Å². The van der Waals surface area contributed by atoms with Gasteiger partial charge >= 0.3 is 0 Å². The van der Waals surface area contributed by atoms with Gasteiger partial charge in [-0.05, 0) is 43.4 Å². The van der Waals surface area contributed by atoms with Crippen LogP contribution < -0.4 is 15.0 Å². The van der Waals surface area contributed by atoms with Gasteiger partial charge in [0.15, 0.2) is 0 Å². The second-order valence-corrected chi connectivity index (χ2v) is 5.65. The molecule has 0 unspecified atom stereocenters. The van der Waals surface area contributed by atoms with Gasteiger partial charge in [-0.15, -0.1) is 0 Å². The summed E-state index contributed by atoms with van der Waals surface area (Å²) in [6.45, 7) is 7.57. The summed E-state index contributed by atoms with van der Waals surface area (Å²) in [4.78, 5) is 2.43. The van der Waals surface area contributed by atoms with Gasteiger partial charge in [-0.2, -0.15) is 0 Å². The Kier molecular flexibility index (Phi) is 5.72. The van der Waals surface area contributed by atoms with E-state index in [2.05, 4.69) is 42.3 Å². The molecule has 1 N–H and O–H groups in total. The number of benzene rings is 1. The molecule has 1 saturated carbocycles. The van der Waals surface area contributed by atoms with Crippen molar-refractivity contribution in [1.82, 2.24) is 5.32 Å². The Hall–Kier alpha value is -1.22. The first-order chi connectivity index (χ1) is 9.78. The molecule has 1 aromatic rings. The van der Waals surface area contributed by atoms with E-state index in [1.165, 1.54) is 24.1 Å². The van der Waals surface area contributed by atoms with E-state index in [4.69, 9.17) is 4.74 Å². The summed E-state index contributed by atoms with van der Waals surface area (Å²) in [7, 11) is 1.77. The molecule has 0 aromatic heterocycles. The summed E-state index contributed by atoms with van der Waals surface area (Å²) in [6, 6.07) is 7.38. The van der Waals surface area contributed by atoms with Gasteiger partial charge in [0, 0.05) is 25.7 Å². The molecule has 3 heteroatoms. The molecular weight excluding hydrogens is 248 g/mol. The summed E-state index contributed by atoms with van der Waals surface area (Å²) in [5.74, 6) is 1.00. The topological polar surface area (TPSA) is 24.5 Å². The molecule has 0 amide bonds. The van der Waals surface area contributed by atoms with Gasteiger partial charge in [-0.3, -0.25) is 0 Å². The van der Waals surface area contributed by atoms with Crippen LogP contribution in [0.4, 0.5) is 5.69 Å². The van der Waals surface area contributed by atoms with Crippen LogP contribution in [0, 0.1) is 0 Å². The minimum absolute atomic E-state index is 0.748. The van der Waals surface area contributed by atoms with Crippen LogP contribution in [0.1, 0.15) is 45.1 Å². The minimum atomic E-state index is 0.748. The van der Waals surface area contributed by atoms with Crippen molar-refractivity contribution < 1.29 is 4.74 Å². The van der Waals surface area contributed by atoms with Crippen molar-refractivity contribution in [2.24, 2.45) is 0 Å². The van der Waals surface area contributed by atoms with E-state index in [9.17, 15) is 0 Å². The van der Waals surface area contributed by atoms with E-state index in [1.807, 2.05) is 0 Å². The van der Waals surface area contributed by atoms with Crippen LogP contribution in [0.3, 0.4) is 0 Å². The zero-order valence-corrected chi connectivity index (χ0v) is 13.1. The van der Waals surface area contributed by atoms with Gasteiger partial charge in [-0.25, -0.2) is 0 Å². The maximum Gasteiger partial charge on any atom is 0.142 e. The fourth-order valence-corrected chi connectivity index (χ4v) is 2.54. The highest BCUT2D eigenvalue weighted by molar-refractivity contribution is 5.59. The first-order valence-electron chi connectivity index (χ1n) is 7.93. The fourth-order valence-electron chi connectivity index (χ4n) is 2.54. The third-order valence-corrected chi connectivity index (χ3v) is 3.74. The second kappa shape index (κ2) is 7.53. The zero-order chi connectivity index (χ0) is 14.4. The number of anilines is 1. The summed E-state index contributed by atoms with van der Waals surface area (Å²) >= 11 is 0. The zero-order valence-electron chi connectivity index (χ0n) is 13.1. The average Bonchev–Trinajstić information content (AvgIpc) is 3.29. The van der Waals surface area contributed by atoms with E-state index in [1.54, 1.807) is 7.11 Å². The Morgan fingerprint density at radius 3 is 2.45 bits per heavy atom. The number of hydrogen-bond donors (Lipinski definition) is 1. The molecule has 1 aliphatic carbocycles. The number of rotatable bonds is 9. The lowest BCUT2D eigenvalue weighted by molar-refractivity contribution is 0.413. The van der Waals surface area contributed by atoms with Crippen molar-refractivity contribution in [3.05, 3.63) is 23.8 Å². The molecule has 1 aromatic carbocycles. The molecule has 0 spiro atoms. The fraction of sp³-hybridized carbons (Fsp3) is 0.647. The van der Waals surface area contributed by atoms with Crippen LogP contribution in [0.5, 0.6) is 5.75 Å². The summed E-state index contributed by atoms with van der Waals surface area (Å²) in [5.41, 5.74) is 2.54. The molecular formula is C17H28N2O. The SMILES string of the molecule is CCCN(CCC)c1ccc(CNC2CC2)cc1OC. The molecule has 20 heavy (non-hydrogen) atoms. The lowest BCUT2D eigenvalue weighted by Crippen LogP contribution is -2.25. The van der Waals surface area contributed by atoms with Gasteiger partial charge < -0.3 is 15.0 Å². The van der Waals surface area contributed by atoms with E-state index in [-0.39, 0.29) is 0 Å². The third kappa shape index (κ3) is 4.14. The summed E-state index contributed by atoms with van der Waals surface area (Å²) in [5, 5.41) is 3.55. The molecule has 0 radical (unpaired) electrons. The minimum Gasteiger partial charge on any atom is -0.495 e. The molecule has 3 nitrogen and oxygen atoms in total. The van der Waals surface area contributed by atoms with Crippen LogP contribution in [0.2, 0.25) is 0 Å². The highest BCUT2D eigenvalue weighted by Crippen LogP contribution is 2.30. The van der Waals surface area contributed by atoms with Crippen LogP contribution in [0.25, 0.3) is 0 Å². The maximum atomic E-state index is 5.61. The Balaban J connectivity index is 2.09. The van der Waals surface area contributed by atoms with Crippen molar-refractivity contribution in [3.63, 3.8) is 0 Å². The van der Waals surface area contributed by atoms with Crippen molar-refractivity contribution in [2.45, 2.75) is 52.1 Å². The Bertz CT molecular complexity index is 409. The van der Waals surface area contributed by atoms with E-state index < -0.39 is 0 Å². The molecule has 1 aliphatic rings. The summed E-state index contributed by atoms with van der Waals surface area (Å²) < 4.78 is 5.61. The number of ether oxygens (including phenoxy) is 1. The number of hydrogen-bond acceptors (Lipinski definition) is 3. The highest BCUT2D eigenvalue weighted by atomic mass is 16.5. The molecule has 2 rings (SSSR count). The predicted octanol–water partition coefficient (Wildman–Crippen LogP) is 3.57. The Morgan fingerprint density at radius 1 is 1.20 bits per heavy atom. The smallest absolute Gasteiger partial charge is 0.142 e. The van der Waals surface area contributed by atoms with Gasteiger partial charge in [-0.1, -0.05) is 19.9 Å². The third-order valence-electron chi connectivity index (χ3n) is 3.74. The van der Waals surface area contributed by atoms with Crippen molar-refractivity contribution in [2.75, 3.05) is 25.1 Å². The van der Waals surface area contributed by atoms with Gasteiger partial charge in [0.2, 0.25) is 0 Å². The van der Waals surface area contributed by atoms with Gasteiger partial charge in [0.1, 0.15) is 5.75 Å². The van der Waals surface area contributed by atoms with Gasteiger partial charge in [0.05, 0.1) is 12.8 Å². The number of nitrogens with zero attached hydrogens (tertiary/aromatic N) is 1. The molecule has 112 valence electrons. The first-order valence-corrected chi connectivity index (χ1v) is 7.93. The number of nitrogens with one attached hydrogen (secondary N) is 1. The van der Waals surface area contributed by atoms with Gasteiger partial charge in [0.25, 0.3) is 0 Å². The monoisotopic (exact) mass is 276 g/mol. The largest absolute Gasteiger partial charge is 0.495 e. The second-order valence-electron chi connectivity index (χ2n) is 5.65. The first kappa shape index (κ1) is 15.2. The average molecular weight is 276 g/mol. The lowest BCUT2D eigenvalue weighted by Gasteiger charge is -2.26. The Labute approximate surface area is 123 Å². The van der Waals surface area contributed by atoms with Crippen molar-refractivity contribution >= 4 is 5.69 Å². The van der Waals surface area contributed by atoms with Crippen LogP contribution in [-0.2, 0) is 6.54 Å². The van der Waals surface area contributed by atoms with Crippen LogP contribution in [0.15, 0.2) is 18.2 Å². The van der Waals surface area contributed by atoms with E-state index in [0.29, 0.717) is 0 Å². The standard InChI is InChI=1S/C17H28N2O/c1-4-10-19(11-5-2)16-9-6-14(12-17(16)20-3)13-18-15-7-8-15/h6,9,12,15,18H,4-5,7-8,10-11,13H2,1-3H3. The lowest BCUT2D eigenvalue weighted by atomic mass is 10.1. The Morgan fingerprint density at radius 2 is 1.90 bits per heavy atom. The molecule has 0 saturated heterocycles. The number of methoxy groups -OCH3 is 1. The molecule has 1 fully saturated rings. The molecule has 0 bridgehead atoms. The van der Waals surface area contributed by atoms with E-state index >= 15 is 0 Å². The maximum absolute atomic E-state index is 5.61. The highest BCUT2D eigenvalue weighted by Gasteiger charge is 2.20. The summed E-state index contributed by atoms with van der Waals surface area (Å²) in [6.07, 6.45) is 4.98. The normalized spacial score (nSPS) is 14.3. The van der Waals surface area contributed by atoms with Crippen molar-refractivity contribution in [3.8, 4) is 5.75 Å². The van der Waals surface area contributed by atoms with Crippen LogP contribution >= 0.6 is 0 Å². The molecule has 0 heterocycles. The molecule has 0 atom stereocenters.